The van der Waals surface area contributed by atoms with Gasteiger partial charge in [0.2, 0.25) is 5.89 Å². The van der Waals surface area contributed by atoms with E-state index in [1.807, 2.05) is 42.5 Å². The van der Waals surface area contributed by atoms with Crippen LogP contribution in [0.3, 0.4) is 0 Å². The summed E-state index contributed by atoms with van der Waals surface area (Å²) in [6.45, 7) is 2.20. The molecule has 7 nitrogen and oxygen atoms in total. The van der Waals surface area contributed by atoms with Crippen LogP contribution in [0.4, 0.5) is 4.39 Å². The molecule has 38 heavy (non-hydrogen) atoms. The lowest BCUT2D eigenvalue weighted by Gasteiger charge is -2.38. The second-order valence-corrected chi connectivity index (χ2v) is 9.15. The standard InChI is InChI=1S/C30H30FN3O4/c1-36-16-14-32-30(35)27-19-38-28(33-27)20-37-24-12-11-21-13-15-34(18-23-9-5-6-10-26(23)31)29(25(21)17-24)22-7-3-2-4-8-22/h2-12,17,19,29H,13-16,18,20H2,1H3,(H,32,35). The third kappa shape index (κ3) is 5.93. The maximum Gasteiger partial charge on any atom is 0.273 e. The van der Waals surface area contributed by atoms with E-state index in [-0.39, 0.29) is 30.1 Å². The van der Waals surface area contributed by atoms with Crippen molar-refractivity contribution in [2.45, 2.75) is 25.6 Å². The summed E-state index contributed by atoms with van der Waals surface area (Å²) in [5, 5.41) is 2.71. The zero-order chi connectivity index (χ0) is 26.3. The molecule has 2 heterocycles. The first kappa shape index (κ1) is 25.6. The van der Waals surface area contributed by atoms with Crippen LogP contribution >= 0.6 is 0 Å². The number of nitrogens with one attached hydrogen (secondary N) is 1. The third-order valence-corrected chi connectivity index (χ3v) is 6.63. The highest BCUT2D eigenvalue weighted by Crippen LogP contribution is 2.38. The van der Waals surface area contributed by atoms with Gasteiger partial charge in [0, 0.05) is 32.3 Å². The van der Waals surface area contributed by atoms with E-state index >= 15 is 0 Å². The Labute approximate surface area is 221 Å². The first-order valence-electron chi connectivity index (χ1n) is 12.6. The average molecular weight is 516 g/mol. The summed E-state index contributed by atoms with van der Waals surface area (Å²) in [5.74, 6) is 0.452. The molecule has 1 unspecified atom stereocenters. The molecule has 1 amide bonds. The number of methoxy groups -OCH3 is 1. The molecule has 1 atom stereocenters. The predicted octanol–water partition coefficient (Wildman–Crippen LogP) is 4.92. The van der Waals surface area contributed by atoms with Gasteiger partial charge in [0.25, 0.3) is 5.91 Å². The predicted molar refractivity (Wildman–Crippen MR) is 140 cm³/mol. The number of rotatable bonds is 10. The number of hydrogen-bond acceptors (Lipinski definition) is 6. The van der Waals surface area contributed by atoms with Crippen LogP contribution in [0, 0.1) is 5.82 Å². The van der Waals surface area contributed by atoms with E-state index in [0.717, 1.165) is 24.1 Å². The van der Waals surface area contributed by atoms with Gasteiger partial charge in [-0.2, -0.15) is 0 Å². The second kappa shape index (κ2) is 12.0. The number of aromatic nitrogens is 1. The van der Waals surface area contributed by atoms with Crippen molar-refractivity contribution in [3.63, 3.8) is 0 Å². The summed E-state index contributed by atoms with van der Waals surface area (Å²) < 4.78 is 30.9. The molecular weight excluding hydrogens is 485 g/mol. The molecule has 1 aliphatic heterocycles. The van der Waals surface area contributed by atoms with Crippen LogP contribution in [0.1, 0.15) is 44.7 Å². The Kier molecular flexibility index (Phi) is 8.11. The summed E-state index contributed by atoms with van der Waals surface area (Å²) in [6, 6.07) is 23.2. The SMILES string of the molecule is COCCNC(=O)c1coc(COc2ccc3c(c2)C(c2ccccc2)N(Cc2ccccc2F)CC3)n1. The van der Waals surface area contributed by atoms with E-state index in [2.05, 4.69) is 33.4 Å². The van der Waals surface area contributed by atoms with Crippen molar-refractivity contribution in [1.29, 1.82) is 0 Å². The molecule has 0 saturated carbocycles. The van der Waals surface area contributed by atoms with Crippen molar-refractivity contribution in [2.75, 3.05) is 26.8 Å². The largest absolute Gasteiger partial charge is 0.484 e. The number of hydrogen-bond donors (Lipinski definition) is 1. The number of ether oxygens (including phenoxy) is 2. The molecule has 8 heteroatoms. The van der Waals surface area contributed by atoms with Gasteiger partial charge in [-0.3, -0.25) is 9.69 Å². The highest BCUT2D eigenvalue weighted by atomic mass is 19.1. The monoisotopic (exact) mass is 515 g/mol. The molecule has 0 fully saturated rings. The Morgan fingerprint density at radius 2 is 1.95 bits per heavy atom. The summed E-state index contributed by atoms with van der Waals surface area (Å²) in [5.41, 5.74) is 4.37. The normalized spacial score (nSPS) is 15.2. The fraction of sp³-hybridized carbons (Fsp3) is 0.267. The van der Waals surface area contributed by atoms with Crippen LogP contribution in [0.5, 0.6) is 5.75 Å². The zero-order valence-electron chi connectivity index (χ0n) is 21.2. The molecule has 0 radical (unpaired) electrons. The molecule has 1 aliphatic rings. The van der Waals surface area contributed by atoms with Crippen LogP contribution in [-0.2, 0) is 24.3 Å². The van der Waals surface area contributed by atoms with Gasteiger partial charge in [0.1, 0.15) is 17.8 Å². The minimum Gasteiger partial charge on any atom is -0.484 e. The summed E-state index contributed by atoms with van der Waals surface area (Å²) in [7, 11) is 1.57. The molecule has 0 aliphatic carbocycles. The van der Waals surface area contributed by atoms with Gasteiger partial charge in [-0.15, -0.1) is 0 Å². The first-order chi connectivity index (χ1) is 18.6. The molecule has 196 valence electrons. The topological polar surface area (TPSA) is 76.8 Å². The fourth-order valence-electron chi connectivity index (χ4n) is 4.76. The lowest BCUT2D eigenvalue weighted by atomic mass is 9.87. The van der Waals surface area contributed by atoms with Crippen LogP contribution in [0.25, 0.3) is 0 Å². The van der Waals surface area contributed by atoms with Gasteiger partial charge in [0.05, 0.1) is 12.6 Å². The van der Waals surface area contributed by atoms with Crippen molar-refractivity contribution in [2.24, 2.45) is 0 Å². The Bertz CT molecular complexity index is 1370. The van der Waals surface area contributed by atoms with Crippen LogP contribution in [-0.4, -0.2) is 42.6 Å². The van der Waals surface area contributed by atoms with Crippen molar-refractivity contribution < 1.29 is 23.1 Å². The Balaban J connectivity index is 1.35. The molecule has 0 spiro atoms. The quantitative estimate of drug-likeness (QED) is 0.302. The van der Waals surface area contributed by atoms with Crippen molar-refractivity contribution >= 4 is 5.91 Å². The smallest absolute Gasteiger partial charge is 0.273 e. The van der Waals surface area contributed by atoms with Crippen molar-refractivity contribution in [1.82, 2.24) is 15.2 Å². The van der Waals surface area contributed by atoms with E-state index in [4.69, 9.17) is 13.9 Å². The maximum absolute atomic E-state index is 14.5. The van der Waals surface area contributed by atoms with E-state index in [0.29, 0.717) is 36.9 Å². The van der Waals surface area contributed by atoms with E-state index in [9.17, 15) is 9.18 Å². The Hall–Kier alpha value is -4.01. The number of oxazole rings is 1. The molecule has 1 aromatic heterocycles. The van der Waals surface area contributed by atoms with Gasteiger partial charge in [-0.25, -0.2) is 9.37 Å². The molecular formula is C30H30FN3O4. The molecule has 3 aromatic carbocycles. The van der Waals surface area contributed by atoms with E-state index in [1.54, 1.807) is 13.2 Å². The minimum atomic E-state index is -0.327. The maximum atomic E-state index is 14.5. The van der Waals surface area contributed by atoms with Crippen LogP contribution in [0.15, 0.2) is 83.5 Å². The molecule has 1 N–H and O–H groups in total. The number of nitrogens with zero attached hydrogens (tertiary/aromatic N) is 2. The van der Waals surface area contributed by atoms with Gasteiger partial charge in [0.15, 0.2) is 12.3 Å². The molecule has 4 aromatic rings. The second-order valence-electron chi connectivity index (χ2n) is 9.15. The van der Waals surface area contributed by atoms with E-state index < -0.39 is 0 Å². The summed E-state index contributed by atoms with van der Waals surface area (Å²) in [6.07, 6.45) is 2.17. The highest BCUT2D eigenvalue weighted by molar-refractivity contribution is 5.91. The number of carbonyl (C=O) groups excluding carboxylic acids is 1. The number of benzene rings is 3. The van der Waals surface area contributed by atoms with Crippen LogP contribution < -0.4 is 10.1 Å². The number of amides is 1. The molecule has 0 bridgehead atoms. The lowest BCUT2D eigenvalue weighted by Crippen LogP contribution is -2.36. The lowest BCUT2D eigenvalue weighted by molar-refractivity contribution is 0.0932. The first-order valence-corrected chi connectivity index (χ1v) is 12.6. The zero-order valence-corrected chi connectivity index (χ0v) is 21.2. The highest BCUT2D eigenvalue weighted by Gasteiger charge is 2.29. The van der Waals surface area contributed by atoms with Crippen molar-refractivity contribution in [3.8, 4) is 5.75 Å². The van der Waals surface area contributed by atoms with Crippen molar-refractivity contribution in [3.05, 3.63) is 119 Å². The number of halogens is 1. The summed E-state index contributed by atoms with van der Waals surface area (Å²) in [4.78, 5) is 18.7. The van der Waals surface area contributed by atoms with Gasteiger partial charge in [-0.05, 0) is 41.3 Å². The Morgan fingerprint density at radius 1 is 1.13 bits per heavy atom. The number of fused-ring (bicyclic) bond motifs is 1. The number of carbonyl (C=O) groups is 1. The van der Waals surface area contributed by atoms with Gasteiger partial charge >= 0.3 is 0 Å². The minimum absolute atomic E-state index is 0.0488. The molecule has 5 rings (SSSR count). The third-order valence-electron chi connectivity index (χ3n) is 6.63. The van der Waals surface area contributed by atoms with Gasteiger partial charge < -0.3 is 19.2 Å². The Morgan fingerprint density at radius 3 is 2.76 bits per heavy atom. The van der Waals surface area contributed by atoms with E-state index in [1.165, 1.54) is 17.9 Å². The average Bonchev–Trinajstić information content (AvgIpc) is 3.43. The van der Waals surface area contributed by atoms with Gasteiger partial charge in [-0.1, -0.05) is 54.6 Å². The summed E-state index contributed by atoms with van der Waals surface area (Å²) >= 11 is 0. The fourth-order valence-corrected chi connectivity index (χ4v) is 4.76. The van der Waals surface area contributed by atoms with Crippen LogP contribution in [0.2, 0.25) is 0 Å². The molecule has 0 saturated heterocycles.